The minimum absolute atomic E-state index is 0.677. The summed E-state index contributed by atoms with van der Waals surface area (Å²) in [7, 11) is 1.64. The van der Waals surface area contributed by atoms with E-state index in [1.165, 1.54) is 12.0 Å². The Kier molecular flexibility index (Phi) is 4.43. The first-order chi connectivity index (χ1) is 11.3. The maximum atomic E-state index is 5.45. The summed E-state index contributed by atoms with van der Waals surface area (Å²) in [6.45, 7) is 4.09. The van der Waals surface area contributed by atoms with Crippen molar-refractivity contribution in [2.24, 2.45) is 0 Å². The highest BCUT2D eigenvalue weighted by atomic mass is 16.5. The number of aromatic nitrogens is 1. The molecule has 4 heteroatoms. The summed E-state index contributed by atoms with van der Waals surface area (Å²) in [4.78, 5) is 3.94. The van der Waals surface area contributed by atoms with Gasteiger partial charge in [0.1, 0.15) is 5.75 Å². The van der Waals surface area contributed by atoms with Gasteiger partial charge < -0.3 is 14.5 Å². The number of ether oxygens (including phenoxy) is 1. The third-order valence-electron chi connectivity index (χ3n) is 3.48. The molecule has 2 aromatic carbocycles. The lowest BCUT2D eigenvalue weighted by molar-refractivity contribution is 0.415. The van der Waals surface area contributed by atoms with E-state index in [0.29, 0.717) is 5.76 Å². The number of anilines is 1. The Morgan fingerprint density at radius 1 is 1.22 bits per heavy atom. The SMILES string of the molecule is C=C(Cc1ccccc1)Nc1ccc(-c2cnco2)c(OC)c1. The summed E-state index contributed by atoms with van der Waals surface area (Å²) >= 11 is 0. The summed E-state index contributed by atoms with van der Waals surface area (Å²) in [5, 5.41) is 3.32. The second-order valence-corrected chi connectivity index (χ2v) is 5.17. The monoisotopic (exact) mass is 306 g/mol. The number of benzene rings is 2. The van der Waals surface area contributed by atoms with E-state index in [1.807, 2.05) is 36.4 Å². The molecule has 23 heavy (non-hydrogen) atoms. The third-order valence-corrected chi connectivity index (χ3v) is 3.48. The zero-order valence-corrected chi connectivity index (χ0v) is 13.0. The van der Waals surface area contributed by atoms with Gasteiger partial charge in [0.2, 0.25) is 0 Å². The average Bonchev–Trinajstić information content (AvgIpc) is 3.10. The smallest absolute Gasteiger partial charge is 0.181 e. The van der Waals surface area contributed by atoms with Crippen molar-refractivity contribution in [2.75, 3.05) is 12.4 Å². The first kappa shape index (κ1) is 14.9. The van der Waals surface area contributed by atoms with E-state index < -0.39 is 0 Å². The van der Waals surface area contributed by atoms with Crippen molar-refractivity contribution in [3.8, 4) is 17.1 Å². The Balaban J connectivity index is 1.75. The number of hydrogen-bond donors (Lipinski definition) is 1. The number of methoxy groups -OCH3 is 1. The van der Waals surface area contributed by atoms with Gasteiger partial charge in [0.05, 0.1) is 18.9 Å². The van der Waals surface area contributed by atoms with Crippen molar-refractivity contribution in [2.45, 2.75) is 6.42 Å². The van der Waals surface area contributed by atoms with Gasteiger partial charge >= 0.3 is 0 Å². The van der Waals surface area contributed by atoms with E-state index in [0.717, 1.165) is 29.1 Å². The van der Waals surface area contributed by atoms with Gasteiger partial charge in [-0.3, -0.25) is 0 Å². The van der Waals surface area contributed by atoms with Gasteiger partial charge in [0.15, 0.2) is 12.2 Å². The molecule has 1 heterocycles. The normalized spacial score (nSPS) is 10.3. The van der Waals surface area contributed by atoms with Crippen molar-refractivity contribution in [1.29, 1.82) is 0 Å². The van der Waals surface area contributed by atoms with E-state index >= 15 is 0 Å². The Hall–Kier alpha value is -3.01. The lowest BCUT2D eigenvalue weighted by atomic mass is 10.1. The van der Waals surface area contributed by atoms with Gasteiger partial charge in [-0.2, -0.15) is 0 Å². The van der Waals surface area contributed by atoms with E-state index in [2.05, 4.69) is 29.0 Å². The van der Waals surface area contributed by atoms with Gasteiger partial charge in [-0.1, -0.05) is 36.9 Å². The predicted molar refractivity (Wildman–Crippen MR) is 91.4 cm³/mol. The summed E-state index contributed by atoms with van der Waals surface area (Å²) in [6.07, 6.45) is 3.84. The molecule has 0 aliphatic rings. The molecule has 4 nitrogen and oxygen atoms in total. The lowest BCUT2D eigenvalue weighted by Gasteiger charge is -2.13. The summed E-state index contributed by atoms with van der Waals surface area (Å²) in [5.74, 6) is 1.40. The summed E-state index contributed by atoms with van der Waals surface area (Å²) in [5.41, 5.74) is 3.93. The van der Waals surface area contributed by atoms with Crippen molar-refractivity contribution in [3.05, 3.63) is 79.0 Å². The van der Waals surface area contributed by atoms with E-state index in [1.54, 1.807) is 13.3 Å². The van der Waals surface area contributed by atoms with Crippen LogP contribution in [-0.4, -0.2) is 12.1 Å². The van der Waals surface area contributed by atoms with Crippen LogP contribution in [0.5, 0.6) is 5.75 Å². The molecule has 0 spiro atoms. The Morgan fingerprint density at radius 2 is 2.04 bits per heavy atom. The Labute approximate surface area is 135 Å². The second kappa shape index (κ2) is 6.83. The number of allylic oxidation sites excluding steroid dienone is 1. The second-order valence-electron chi connectivity index (χ2n) is 5.17. The number of hydrogen-bond acceptors (Lipinski definition) is 4. The molecule has 0 atom stereocenters. The van der Waals surface area contributed by atoms with Crippen LogP contribution in [0.1, 0.15) is 5.56 Å². The van der Waals surface area contributed by atoms with E-state index in [-0.39, 0.29) is 0 Å². The molecule has 0 unspecified atom stereocenters. The molecular weight excluding hydrogens is 288 g/mol. The zero-order chi connectivity index (χ0) is 16.1. The fourth-order valence-corrected chi connectivity index (χ4v) is 2.41. The van der Waals surface area contributed by atoms with Gasteiger partial charge in [-0.25, -0.2) is 4.98 Å². The molecule has 0 amide bonds. The molecule has 116 valence electrons. The maximum Gasteiger partial charge on any atom is 0.181 e. The number of oxazole rings is 1. The van der Waals surface area contributed by atoms with Crippen LogP contribution in [0.4, 0.5) is 5.69 Å². The highest BCUT2D eigenvalue weighted by Gasteiger charge is 2.10. The Morgan fingerprint density at radius 3 is 2.74 bits per heavy atom. The molecule has 0 bridgehead atoms. The average molecular weight is 306 g/mol. The minimum Gasteiger partial charge on any atom is -0.496 e. The molecule has 0 aliphatic carbocycles. The standard InChI is InChI=1S/C19H18N2O2/c1-14(10-15-6-4-3-5-7-15)21-16-8-9-17(18(11-16)22-2)19-12-20-13-23-19/h3-9,11-13,21H,1,10H2,2H3. The van der Waals surface area contributed by atoms with Crippen molar-refractivity contribution >= 4 is 5.69 Å². The van der Waals surface area contributed by atoms with E-state index in [9.17, 15) is 0 Å². The topological polar surface area (TPSA) is 47.3 Å². The van der Waals surface area contributed by atoms with E-state index in [4.69, 9.17) is 9.15 Å². The molecule has 0 saturated heterocycles. The first-order valence-electron chi connectivity index (χ1n) is 7.32. The lowest BCUT2D eigenvalue weighted by Crippen LogP contribution is -2.02. The summed E-state index contributed by atoms with van der Waals surface area (Å²) < 4.78 is 10.8. The van der Waals surface area contributed by atoms with Crippen molar-refractivity contribution in [1.82, 2.24) is 4.98 Å². The Bertz CT molecular complexity index is 780. The molecule has 0 fully saturated rings. The van der Waals surface area contributed by atoms with Gasteiger partial charge in [0.25, 0.3) is 0 Å². The maximum absolute atomic E-state index is 5.45. The molecule has 0 radical (unpaired) electrons. The number of rotatable bonds is 6. The number of nitrogens with one attached hydrogen (secondary N) is 1. The largest absolute Gasteiger partial charge is 0.496 e. The quantitative estimate of drug-likeness (QED) is 0.727. The van der Waals surface area contributed by atoms with Gasteiger partial charge in [-0.05, 0) is 17.7 Å². The van der Waals surface area contributed by atoms with Gasteiger partial charge in [-0.15, -0.1) is 0 Å². The molecular formula is C19H18N2O2. The molecule has 3 rings (SSSR count). The summed E-state index contributed by atoms with van der Waals surface area (Å²) in [6, 6.07) is 16.1. The number of nitrogens with zero attached hydrogens (tertiary/aromatic N) is 1. The van der Waals surface area contributed by atoms with Crippen LogP contribution < -0.4 is 10.1 Å². The molecule has 3 aromatic rings. The van der Waals surface area contributed by atoms with Crippen LogP contribution in [0.3, 0.4) is 0 Å². The van der Waals surface area contributed by atoms with Crippen LogP contribution in [-0.2, 0) is 6.42 Å². The van der Waals surface area contributed by atoms with Crippen LogP contribution in [0, 0.1) is 0 Å². The molecule has 0 saturated carbocycles. The fraction of sp³-hybridized carbons (Fsp3) is 0.105. The highest BCUT2D eigenvalue weighted by Crippen LogP contribution is 2.32. The van der Waals surface area contributed by atoms with Crippen LogP contribution in [0.25, 0.3) is 11.3 Å². The van der Waals surface area contributed by atoms with Crippen molar-refractivity contribution < 1.29 is 9.15 Å². The fourth-order valence-electron chi connectivity index (χ4n) is 2.41. The molecule has 1 N–H and O–H groups in total. The zero-order valence-electron chi connectivity index (χ0n) is 13.0. The minimum atomic E-state index is 0.677. The predicted octanol–water partition coefficient (Wildman–Crippen LogP) is 4.52. The van der Waals surface area contributed by atoms with Crippen LogP contribution in [0.2, 0.25) is 0 Å². The highest BCUT2D eigenvalue weighted by molar-refractivity contribution is 5.70. The van der Waals surface area contributed by atoms with Crippen LogP contribution in [0.15, 0.2) is 77.8 Å². The first-order valence-corrected chi connectivity index (χ1v) is 7.32. The molecule has 0 aliphatic heterocycles. The third kappa shape index (κ3) is 3.61. The van der Waals surface area contributed by atoms with Crippen molar-refractivity contribution in [3.63, 3.8) is 0 Å². The van der Waals surface area contributed by atoms with Gasteiger partial charge in [0, 0.05) is 23.9 Å². The van der Waals surface area contributed by atoms with Crippen LogP contribution >= 0.6 is 0 Å². The molecule has 1 aromatic heterocycles.